The van der Waals surface area contributed by atoms with Crippen LogP contribution in [-0.4, -0.2) is 44.7 Å². The third-order valence-electron chi connectivity index (χ3n) is 2.77. The molecule has 6 heteroatoms. The summed E-state index contributed by atoms with van der Waals surface area (Å²) in [5, 5.41) is 7.55. The number of nitrogens with one attached hydrogen (secondary N) is 1. The predicted molar refractivity (Wildman–Crippen MR) is 69.0 cm³/mol. The maximum atomic E-state index is 11.4. The van der Waals surface area contributed by atoms with Gasteiger partial charge in [0, 0.05) is 12.6 Å². The molecule has 100 valence electrons. The van der Waals surface area contributed by atoms with Crippen molar-refractivity contribution in [3.63, 3.8) is 0 Å². The minimum atomic E-state index is -3.45. The second kappa shape index (κ2) is 7.64. The van der Waals surface area contributed by atoms with E-state index in [1.807, 2.05) is 7.05 Å². The molecule has 0 bridgehead atoms. The normalized spacial score (nSPS) is 13.9. The van der Waals surface area contributed by atoms with E-state index in [0.717, 1.165) is 19.4 Å². The molecule has 17 heavy (non-hydrogen) atoms. The summed E-state index contributed by atoms with van der Waals surface area (Å²) in [6, 6.07) is 2.23. The lowest BCUT2D eigenvalue weighted by molar-refractivity contribution is 0.268. The van der Waals surface area contributed by atoms with Gasteiger partial charge in [0.15, 0.2) is 5.25 Å². The molecule has 0 rings (SSSR count). The van der Waals surface area contributed by atoms with Gasteiger partial charge < -0.3 is 4.90 Å². The van der Waals surface area contributed by atoms with Crippen molar-refractivity contribution in [1.29, 1.82) is 5.26 Å². The fourth-order valence-corrected chi connectivity index (χ4v) is 1.97. The second-order valence-corrected chi connectivity index (χ2v) is 6.58. The quantitative estimate of drug-likeness (QED) is 0.660. The van der Waals surface area contributed by atoms with Crippen LogP contribution in [0.1, 0.15) is 33.6 Å². The van der Waals surface area contributed by atoms with Crippen LogP contribution in [0.25, 0.3) is 0 Å². The Hall–Kier alpha value is -0.640. The third-order valence-corrected chi connectivity index (χ3v) is 4.41. The largest absolute Gasteiger partial charge is 0.304 e. The van der Waals surface area contributed by atoms with Gasteiger partial charge in [0.1, 0.15) is 0 Å². The van der Waals surface area contributed by atoms with Crippen LogP contribution in [0.15, 0.2) is 0 Å². The minimum Gasteiger partial charge on any atom is -0.304 e. The molecule has 0 fully saturated rings. The molecule has 0 saturated carbocycles. The maximum absolute atomic E-state index is 11.4. The van der Waals surface area contributed by atoms with Crippen molar-refractivity contribution in [2.24, 2.45) is 0 Å². The van der Waals surface area contributed by atoms with Crippen molar-refractivity contribution < 1.29 is 8.42 Å². The van der Waals surface area contributed by atoms with Crippen LogP contribution in [-0.2, 0) is 10.0 Å². The van der Waals surface area contributed by atoms with Gasteiger partial charge in [0.2, 0.25) is 10.0 Å². The zero-order valence-corrected chi connectivity index (χ0v) is 11.9. The molecule has 0 amide bonds. The Labute approximate surface area is 105 Å². The van der Waals surface area contributed by atoms with Crippen LogP contribution in [0, 0.1) is 11.3 Å². The molecule has 0 aromatic rings. The molecule has 5 nitrogen and oxygen atoms in total. The van der Waals surface area contributed by atoms with E-state index in [2.05, 4.69) is 23.5 Å². The number of unbranched alkanes of at least 4 members (excludes halogenated alkanes) is 1. The van der Waals surface area contributed by atoms with Gasteiger partial charge in [0.25, 0.3) is 0 Å². The number of nitrogens with zero attached hydrogens (tertiary/aromatic N) is 2. The third kappa shape index (κ3) is 6.61. The molecular formula is C11H23N3O2S. The first-order valence-electron chi connectivity index (χ1n) is 5.89. The molecule has 0 aromatic carbocycles. The first-order valence-corrected chi connectivity index (χ1v) is 7.44. The molecular weight excluding hydrogens is 238 g/mol. The fraction of sp³-hybridized carbons (Fsp3) is 0.909. The number of rotatable bonds is 8. The van der Waals surface area contributed by atoms with Gasteiger partial charge in [-0.05, 0) is 47.2 Å². The predicted octanol–water partition coefficient (Wildman–Crippen LogP) is 0.938. The summed E-state index contributed by atoms with van der Waals surface area (Å²) in [4.78, 5) is 2.21. The Balaban J connectivity index is 3.77. The average Bonchev–Trinajstić information content (AvgIpc) is 2.26. The summed E-state index contributed by atoms with van der Waals surface area (Å²) in [6.07, 6.45) is 1.73. The fourth-order valence-electron chi connectivity index (χ4n) is 1.15. The molecule has 0 aromatic heterocycles. The van der Waals surface area contributed by atoms with Gasteiger partial charge in [0.05, 0.1) is 6.07 Å². The topological polar surface area (TPSA) is 73.2 Å². The highest BCUT2D eigenvalue weighted by Crippen LogP contribution is 1.99. The Morgan fingerprint density at radius 2 is 1.88 bits per heavy atom. The first kappa shape index (κ1) is 16.4. The first-order chi connectivity index (χ1) is 7.81. The van der Waals surface area contributed by atoms with Gasteiger partial charge in [-0.2, -0.15) is 5.26 Å². The number of hydrogen-bond acceptors (Lipinski definition) is 4. The molecule has 0 radical (unpaired) electrons. The Morgan fingerprint density at radius 1 is 1.29 bits per heavy atom. The number of hydrogen-bond donors (Lipinski definition) is 1. The maximum Gasteiger partial charge on any atom is 0.227 e. The standard InChI is InChI=1S/C11H23N3O2S/c1-10(2)14(4)8-6-5-7-13-17(15,16)11(3)9-12/h10-11,13H,5-8H2,1-4H3. The lowest BCUT2D eigenvalue weighted by Gasteiger charge is -2.20. The average molecular weight is 261 g/mol. The Bertz CT molecular complexity index is 346. The zero-order valence-electron chi connectivity index (χ0n) is 11.1. The highest BCUT2D eigenvalue weighted by molar-refractivity contribution is 7.90. The second-order valence-electron chi connectivity index (χ2n) is 4.49. The molecule has 0 saturated heterocycles. The van der Waals surface area contributed by atoms with Crippen molar-refractivity contribution in [3.05, 3.63) is 0 Å². The molecule has 1 atom stereocenters. The van der Waals surface area contributed by atoms with Gasteiger partial charge in [-0.15, -0.1) is 0 Å². The monoisotopic (exact) mass is 261 g/mol. The van der Waals surface area contributed by atoms with E-state index in [1.54, 1.807) is 6.07 Å². The summed E-state index contributed by atoms with van der Waals surface area (Å²) in [5.41, 5.74) is 0. The molecule has 0 aliphatic heterocycles. The Kier molecular flexibility index (Phi) is 7.35. The van der Waals surface area contributed by atoms with Crippen molar-refractivity contribution in [3.8, 4) is 6.07 Å². The van der Waals surface area contributed by atoms with Gasteiger partial charge in [-0.1, -0.05) is 0 Å². The smallest absolute Gasteiger partial charge is 0.227 e. The van der Waals surface area contributed by atoms with Gasteiger partial charge in [-0.3, -0.25) is 0 Å². The molecule has 0 heterocycles. The number of nitriles is 1. The van der Waals surface area contributed by atoms with Crippen LogP contribution >= 0.6 is 0 Å². The highest BCUT2D eigenvalue weighted by Gasteiger charge is 2.18. The summed E-state index contributed by atoms with van der Waals surface area (Å²) >= 11 is 0. The van der Waals surface area contributed by atoms with Gasteiger partial charge >= 0.3 is 0 Å². The van der Waals surface area contributed by atoms with Crippen molar-refractivity contribution in [2.75, 3.05) is 20.1 Å². The van der Waals surface area contributed by atoms with E-state index in [-0.39, 0.29) is 0 Å². The van der Waals surface area contributed by atoms with E-state index in [0.29, 0.717) is 12.6 Å². The molecule has 1 unspecified atom stereocenters. The van der Waals surface area contributed by atoms with Crippen molar-refractivity contribution in [2.45, 2.75) is 44.9 Å². The van der Waals surface area contributed by atoms with E-state index in [4.69, 9.17) is 5.26 Å². The van der Waals surface area contributed by atoms with Crippen LogP contribution in [0.5, 0.6) is 0 Å². The van der Waals surface area contributed by atoms with Crippen LogP contribution in [0.4, 0.5) is 0 Å². The van der Waals surface area contributed by atoms with E-state index in [1.165, 1.54) is 6.92 Å². The molecule has 0 spiro atoms. The van der Waals surface area contributed by atoms with E-state index in [9.17, 15) is 8.42 Å². The van der Waals surface area contributed by atoms with Crippen LogP contribution < -0.4 is 4.72 Å². The van der Waals surface area contributed by atoms with Crippen molar-refractivity contribution in [1.82, 2.24) is 9.62 Å². The van der Waals surface area contributed by atoms with Gasteiger partial charge in [-0.25, -0.2) is 13.1 Å². The number of sulfonamides is 1. The lowest BCUT2D eigenvalue weighted by atomic mass is 10.2. The zero-order chi connectivity index (χ0) is 13.5. The minimum absolute atomic E-state index is 0.403. The summed E-state index contributed by atoms with van der Waals surface area (Å²) in [6.45, 7) is 6.98. The summed E-state index contributed by atoms with van der Waals surface area (Å²) in [7, 11) is -1.40. The van der Waals surface area contributed by atoms with Crippen LogP contribution in [0.3, 0.4) is 0 Å². The summed E-state index contributed by atoms with van der Waals surface area (Å²) < 4.78 is 25.3. The van der Waals surface area contributed by atoms with E-state index >= 15 is 0 Å². The Morgan fingerprint density at radius 3 is 2.35 bits per heavy atom. The lowest BCUT2D eigenvalue weighted by Crippen LogP contribution is -2.33. The summed E-state index contributed by atoms with van der Waals surface area (Å²) in [5.74, 6) is 0. The van der Waals surface area contributed by atoms with Crippen LogP contribution in [0.2, 0.25) is 0 Å². The SMILES string of the molecule is CC(C)N(C)CCCCNS(=O)(=O)C(C)C#N. The molecule has 0 aliphatic carbocycles. The molecule has 0 aliphatic rings. The van der Waals surface area contributed by atoms with Crippen molar-refractivity contribution >= 4 is 10.0 Å². The molecule has 1 N–H and O–H groups in total. The highest BCUT2D eigenvalue weighted by atomic mass is 32.2. The van der Waals surface area contributed by atoms with E-state index < -0.39 is 15.3 Å².